The Balaban J connectivity index is 3.65. The topological polar surface area (TPSA) is 26.0 Å². The van der Waals surface area contributed by atoms with Gasteiger partial charge in [-0.3, -0.25) is 0 Å². The Labute approximate surface area is 107 Å². The minimum atomic E-state index is 0.767. The molecule has 6 heteroatoms. The zero-order valence-corrected chi connectivity index (χ0v) is 14.1. The molecule has 1 aromatic carbocycles. The Bertz CT molecular complexity index is 392. The maximum atomic E-state index is 6.02. The minimum absolute atomic E-state index is 0.767. The van der Waals surface area contributed by atoms with Crippen molar-refractivity contribution in [2.75, 3.05) is 12.4 Å². The second kappa shape index (κ2) is 5.51. The Kier molecular flexibility index (Phi) is 5.23. The van der Waals surface area contributed by atoms with E-state index in [1.807, 2.05) is 0 Å². The van der Waals surface area contributed by atoms with E-state index in [0.29, 0.717) is 0 Å². The summed E-state index contributed by atoms with van der Waals surface area (Å²) in [5.74, 6) is 0. The van der Waals surface area contributed by atoms with Crippen LogP contribution in [0.3, 0.4) is 0 Å². The number of halogens is 1. The first kappa shape index (κ1) is 13.3. The average molecular weight is 373 g/mol. The predicted octanol–water partition coefficient (Wildman–Crippen LogP) is 0.811. The molecule has 0 saturated heterocycles. The largest absolute Gasteiger partial charge is 0.397 e. The summed E-state index contributed by atoms with van der Waals surface area (Å²) in [6.07, 6.45) is 3.95. The molecule has 14 heavy (non-hydrogen) atoms. The first-order valence-corrected chi connectivity index (χ1v) is 8.66. The normalized spacial score (nSPS) is 11.7. The third kappa shape index (κ3) is 2.31. The van der Waals surface area contributed by atoms with Crippen LogP contribution in [-0.2, 0) is 0 Å². The first-order chi connectivity index (χ1) is 6.54. The summed E-state index contributed by atoms with van der Waals surface area (Å²) in [7, 11) is 7.30. The van der Waals surface area contributed by atoms with E-state index < -0.39 is 0 Å². The maximum Gasteiger partial charge on any atom is 0.0535 e. The van der Waals surface area contributed by atoms with E-state index in [1.54, 1.807) is 0 Å². The van der Waals surface area contributed by atoms with Crippen molar-refractivity contribution in [3.63, 3.8) is 0 Å². The Morgan fingerprint density at radius 1 is 1.43 bits per heavy atom. The fourth-order valence-corrected chi connectivity index (χ4v) is 6.02. The molecule has 0 radical (unpaired) electrons. The van der Waals surface area contributed by atoms with Gasteiger partial charge < -0.3 is 5.73 Å². The molecule has 1 aromatic rings. The molecular formula is C8H12INP4. The summed E-state index contributed by atoms with van der Waals surface area (Å²) in [5.41, 5.74) is 6.91. The van der Waals surface area contributed by atoms with E-state index in [-0.39, 0.29) is 0 Å². The van der Waals surface area contributed by atoms with Gasteiger partial charge in [-0.1, -0.05) is 23.1 Å². The zero-order chi connectivity index (χ0) is 10.9. The Morgan fingerprint density at radius 2 is 2.00 bits per heavy atom. The summed E-state index contributed by atoms with van der Waals surface area (Å²) in [6, 6.07) is 0. The summed E-state index contributed by atoms with van der Waals surface area (Å²) in [5, 5.41) is 4.94. The van der Waals surface area contributed by atoms with E-state index >= 15 is 0 Å². The number of benzene rings is 1. The van der Waals surface area contributed by atoms with E-state index in [9.17, 15) is 0 Å². The fraction of sp³-hybridized carbons (Fsp3) is 0.125. The van der Waals surface area contributed by atoms with E-state index in [4.69, 9.17) is 5.73 Å². The van der Waals surface area contributed by atoms with Crippen LogP contribution < -0.4 is 27.0 Å². The van der Waals surface area contributed by atoms with Crippen molar-refractivity contribution < 1.29 is 0 Å². The van der Waals surface area contributed by atoms with Gasteiger partial charge in [0, 0.05) is 19.5 Å². The number of anilines is 1. The molecule has 1 nitrogen and oxygen atoms in total. The van der Waals surface area contributed by atoms with Gasteiger partial charge in [-0.2, -0.15) is 0 Å². The van der Waals surface area contributed by atoms with E-state index in [0.717, 1.165) is 27.8 Å². The van der Waals surface area contributed by atoms with Gasteiger partial charge >= 0.3 is 0 Å². The molecule has 1 rings (SSSR count). The van der Waals surface area contributed by atoms with E-state index in [2.05, 4.69) is 54.0 Å². The van der Waals surface area contributed by atoms with Gasteiger partial charge in [0.1, 0.15) is 0 Å². The van der Waals surface area contributed by atoms with Gasteiger partial charge in [-0.25, -0.2) is 0 Å². The van der Waals surface area contributed by atoms with Crippen LogP contribution in [0.2, 0.25) is 0 Å². The molecule has 3 atom stereocenters. The third-order valence-electron chi connectivity index (χ3n) is 1.94. The minimum Gasteiger partial charge on any atom is -0.397 e. The molecule has 3 unspecified atom stereocenters. The van der Waals surface area contributed by atoms with Gasteiger partial charge in [-0.15, -0.1) is 18.5 Å². The van der Waals surface area contributed by atoms with Crippen LogP contribution in [0.15, 0.2) is 0 Å². The van der Waals surface area contributed by atoms with Gasteiger partial charge in [0.15, 0.2) is 0 Å². The smallest absolute Gasteiger partial charge is 0.0535 e. The molecule has 0 aliphatic carbocycles. The molecule has 0 aliphatic heterocycles. The first-order valence-electron chi connectivity index (χ1n) is 3.84. The standard InChI is InChI=1S/C8H12INP4/c1-13-7-3(9)4(10)5(11)6(12)8(7)14-2/h13H,2,10-12H2,1H3. The van der Waals surface area contributed by atoms with Crippen molar-refractivity contribution in [1.29, 1.82) is 0 Å². The van der Waals surface area contributed by atoms with Crippen LogP contribution in [-0.4, -0.2) is 13.0 Å². The Hall–Kier alpha value is 1.21. The van der Waals surface area contributed by atoms with Crippen molar-refractivity contribution >= 4 is 91.1 Å². The quantitative estimate of drug-likeness (QED) is 0.464. The third-order valence-corrected chi connectivity index (χ3v) is 7.35. The zero-order valence-electron chi connectivity index (χ0n) is 7.76. The molecule has 0 bridgehead atoms. The SMILES string of the molecule is C=Pc1c(P)c(P)c(N)c(I)c1PC. The van der Waals surface area contributed by atoms with Gasteiger partial charge in [0.25, 0.3) is 0 Å². The van der Waals surface area contributed by atoms with Gasteiger partial charge in [0.2, 0.25) is 0 Å². The van der Waals surface area contributed by atoms with Crippen molar-refractivity contribution in [1.82, 2.24) is 0 Å². The summed E-state index contributed by atoms with van der Waals surface area (Å²) >= 11 is 2.32. The lowest BCUT2D eigenvalue weighted by Crippen LogP contribution is -2.37. The van der Waals surface area contributed by atoms with Crippen molar-refractivity contribution in [2.24, 2.45) is 0 Å². The number of hydrogen-bond acceptors (Lipinski definition) is 1. The molecule has 0 saturated carbocycles. The molecule has 0 amide bonds. The lowest BCUT2D eigenvalue weighted by molar-refractivity contribution is 1.80. The monoisotopic (exact) mass is 373 g/mol. The van der Waals surface area contributed by atoms with Crippen LogP contribution in [0.1, 0.15) is 0 Å². The Morgan fingerprint density at radius 3 is 2.43 bits per heavy atom. The summed E-state index contributed by atoms with van der Waals surface area (Å²) in [4.78, 5) is 0. The maximum absolute atomic E-state index is 6.02. The number of hydrogen-bond donors (Lipinski definition) is 1. The number of rotatable bonds is 2. The molecule has 76 valence electrons. The second-order valence-corrected chi connectivity index (χ2v) is 6.68. The van der Waals surface area contributed by atoms with Crippen LogP contribution in [0.25, 0.3) is 0 Å². The van der Waals surface area contributed by atoms with Gasteiger partial charge in [0.05, 0.1) is 5.69 Å². The second-order valence-electron chi connectivity index (χ2n) is 2.69. The molecule has 0 heterocycles. The number of nitrogens with two attached hydrogens (primary N) is 1. The molecule has 0 spiro atoms. The van der Waals surface area contributed by atoms with Crippen LogP contribution in [0.5, 0.6) is 0 Å². The van der Waals surface area contributed by atoms with Crippen molar-refractivity contribution in [2.45, 2.75) is 0 Å². The van der Waals surface area contributed by atoms with Crippen LogP contribution in [0.4, 0.5) is 5.69 Å². The van der Waals surface area contributed by atoms with Crippen LogP contribution in [0, 0.1) is 3.57 Å². The highest BCUT2D eigenvalue weighted by Gasteiger charge is 2.13. The van der Waals surface area contributed by atoms with Crippen molar-refractivity contribution in [3.05, 3.63) is 3.57 Å². The average Bonchev–Trinajstić information content (AvgIpc) is 2.20. The predicted molar refractivity (Wildman–Crippen MR) is 89.8 cm³/mol. The van der Waals surface area contributed by atoms with Crippen molar-refractivity contribution in [3.8, 4) is 0 Å². The lowest BCUT2D eigenvalue weighted by atomic mass is 10.3. The molecular weight excluding hydrogens is 361 g/mol. The summed E-state index contributed by atoms with van der Waals surface area (Å²) < 4.78 is 1.19. The highest BCUT2D eigenvalue weighted by molar-refractivity contribution is 14.1. The van der Waals surface area contributed by atoms with Gasteiger partial charge in [-0.05, 0) is 34.6 Å². The number of nitrogen functional groups attached to an aromatic ring is 1. The molecule has 0 aliphatic rings. The van der Waals surface area contributed by atoms with Crippen LogP contribution >= 0.6 is 57.9 Å². The molecule has 0 fully saturated rings. The lowest BCUT2D eigenvalue weighted by Gasteiger charge is -2.15. The molecule has 0 aromatic heterocycles. The molecule has 2 N–H and O–H groups in total. The fourth-order valence-electron chi connectivity index (χ4n) is 1.16. The highest BCUT2D eigenvalue weighted by Crippen LogP contribution is 2.19. The summed E-state index contributed by atoms with van der Waals surface area (Å²) in [6.45, 7) is 2.18. The highest BCUT2D eigenvalue weighted by atomic mass is 127. The van der Waals surface area contributed by atoms with E-state index in [1.165, 1.54) is 19.5 Å².